The molecule has 3 aromatic rings. The predicted octanol–water partition coefficient (Wildman–Crippen LogP) is 2.91. The third-order valence-corrected chi connectivity index (χ3v) is 3.96. The van der Waals surface area contributed by atoms with Gasteiger partial charge in [-0.1, -0.05) is 0 Å². The molecule has 7 heteroatoms. The van der Waals surface area contributed by atoms with Gasteiger partial charge in [0.2, 0.25) is 0 Å². The van der Waals surface area contributed by atoms with Gasteiger partial charge in [0.15, 0.2) is 0 Å². The van der Waals surface area contributed by atoms with Crippen LogP contribution in [-0.4, -0.2) is 36.1 Å². The molecule has 0 aliphatic carbocycles. The van der Waals surface area contributed by atoms with Crippen LogP contribution in [0, 0.1) is 0 Å². The van der Waals surface area contributed by atoms with Gasteiger partial charge < -0.3 is 20.1 Å². The summed E-state index contributed by atoms with van der Waals surface area (Å²) in [5.74, 6) is 1.25. The molecule has 2 aromatic heterocycles. The minimum atomic E-state index is -0.237. The second kappa shape index (κ2) is 9.91. The summed E-state index contributed by atoms with van der Waals surface area (Å²) in [7, 11) is 1.61. The summed E-state index contributed by atoms with van der Waals surface area (Å²) in [5.41, 5.74) is 2.32. The summed E-state index contributed by atoms with van der Waals surface area (Å²) >= 11 is 0. The third-order valence-electron chi connectivity index (χ3n) is 3.96. The molecule has 2 heterocycles. The van der Waals surface area contributed by atoms with Crippen LogP contribution in [0.3, 0.4) is 0 Å². The van der Waals surface area contributed by atoms with E-state index < -0.39 is 0 Å². The number of carbonyl (C=O) groups is 1. The molecule has 1 amide bonds. The van der Waals surface area contributed by atoms with E-state index in [4.69, 9.17) is 9.47 Å². The van der Waals surface area contributed by atoms with Crippen molar-refractivity contribution in [1.29, 1.82) is 0 Å². The van der Waals surface area contributed by atoms with Gasteiger partial charge in [0.25, 0.3) is 5.91 Å². The number of nitrogens with zero attached hydrogens (tertiary/aromatic N) is 2. The van der Waals surface area contributed by atoms with Gasteiger partial charge in [0.05, 0.1) is 25.5 Å². The summed E-state index contributed by atoms with van der Waals surface area (Å²) in [4.78, 5) is 20.4. The smallest absolute Gasteiger partial charge is 0.269 e. The number of carbonyl (C=O) groups excluding carboxylic acids is 1. The zero-order chi connectivity index (χ0) is 19.6. The van der Waals surface area contributed by atoms with Gasteiger partial charge in [-0.05, 0) is 54.1 Å². The SMILES string of the molecule is COc1ccc(OCCNC(=O)c2ccc(NCc3ccncc3)cn2)cc1. The Morgan fingerprint density at radius 2 is 1.75 bits per heavy atom. The van der Waals surface area contributed by atoms with Gasteiger partial charge in [0.1, 0.15) is 23.8 Å². The van der Waals surface area contributed by atoms with Crippen LogP contribution in [0.2, 0.25) is 0 Å². The highest BCUT2D eigenvalue weighted by molar-refractivity contribution is 5.92. The highest BCUT2D eigenvalue weighted by atomic mass is 16.5. The second-order valence-corrected chi connectivity index (χ2v) is 5.92. The fraction of sp³-hybridized carbons (Fsp3) is 0.190. The molecule has 0 radical (unpaired) electrons. The van der Waals surface area contributed by atoms with Crippen molar-refractivity contribution in [3.63, 3.8) is 0 Å². The fourth-order valence-electron chi connectivity index (χ4n) is 2.43. The molecule has 0 spiro atoms. The van der Waals surface area contributed by atoms with Crippen molar-refractivity contribution in [2.24, 2.45) is 0 Å². The first kappa shape index (κ1) is 19.2. The average Bonchev–Trinajstić information content (AvgIpc) is 2.76. The number of hydrogen-bond donors (Lipinski definition) is 2. The van der Waals surface area contributed by atoms with Crippen molar-refractivity contribution >= 4 is 11.6 Å². The lowest BCUT2D eigenvalue weighted by molar-refractivity contribution is 0.0942. The lowest BCUT2D eigenvalue weighted by Gasteiger charge is -2.09. The van der Waals surface area contributed by atoms with E-state index in [0.29, 0.717) is 25.4 Å². The Balaban J connectivity index is 1.40. The molecule has 0 fully saturated rings. The second-order valence-electron chi connectivity index (χ2n) is 5.92. The summed E-state index contributed by atoms with van der Waals surface area (Å²) in [6, 6.07) is 14.7. The van der Waals surface area contributed by atoms with Gasteiger partial charge >= 0.3 is 0 Å². The van der Waals surface area contributed by atoms with Crippen LogP contribution in [0.15, 0.2) is 67.1 Å². The predicted molar refractivity (Wildman–Crippen MR) is 107 cm³/mol. The van der Waals surface area contributed by atoms with Crippen LogP contribution < -0.4 is 20.1 Å². The van der Waals surface area contributed by atoms with Crippen molar-refractivity contribution in [2.75, 3.05) is 25.6 Å². The van der Waals surface area contributed by atoms with Crippen molar-refractivity contribution < 1.29 is 14.3 Å². The molecule has 0 aliphatic rings. The Kier molecular flexibility index (Phi) is 6.78. The first-order chi connectivity index (χ1) is 13.7. The Bertz CT molecular complexity index is 868. The Morgan fingerprint density at radius 3 is 2.43 bits per heavy atom. The fourth-order valence-corrected chi connectivity index (χ4v) is 2.43. The molecule has 144 valence electrons. The van der Waals surface area contributed by atoms with Gasteiger partial charge in [-0.15, -0.1) is 0 Å². The quantitative estimate of drug-likeness (QED) is 0.557. The van der Waals surface area contributed by atoms with E-state index in [1.54, 1.807) is 31.8 Å². The van der Waals surface area contributed by atoms with Crippen molar-refractivity contribution in [1.82, 2.24) is 15.3 Å². The molecule has 0 bridgehead atoms. The third kappa shape index (κ3) is 5.70. The topological polar surface area (TPSA) is 85.4 Å². The minimum Gasteiger partial charge on any atom is -0.497 e. The van der Waals surface area contributed by atoms with E-state index in [-0.39, 0.29) is 5.91 Å². The summed E-state index contributed by atoms with van der Waals surface area (Å²) < 4.78 is 10.7. The molecule has 2 N–H and O–H groups in total. The lowest BCUT2D eigenvalue weighted by Crippen LogP contribution is -2.28. The normalized spacial score (nSPS) is 10.2. The number of anilines is 1. The van der Waals surface area contributed by atoms with Gasteiger partial charge in [-0.3, -0.25) is 9.78 Å². The molecule has 0 saturated carbocycles. The number of amides is 1. The van der Waals surface area contributed by atoms with Crippen LogP contribution in [-0.2, 0) is 6.54 Å². The Morgan fingerprint density at radius 1 is 1.00 bits per heavy atom. The van der Waals surface area contributed by atoms with E-state index in [1.807, 2.05) is 42.5 Å². The first-order valence-electron chi connectivity index (χ1n) is 8.88. The molecule has 0 saturated heterocycles. The molecular weight excluding hydrogens is 356 g/mol. The van der Waals surface area contributed by atoms with E-state index in [0.717, 1.165) is 22.7 Å². The minimum absolute atomic E-state index is 0.237. The number of rotatable bonds is 9. The number of hydrogen-bond acceptors (Lipinski definition) is 6. The number of ether oxygens (including phenoxy) is 2. The highest BCUT2D eigenvalue weighted by Crippen LogP contribution is 2.16. The molecule has 3 rings (SSSR count). The van der Waals surface area contributed by atoms with Gasteiger partial charge in [-0.25, -0.2) is 4.98 Å². The molecule has 0 unspecified atom stereocenters. The summed E-state index contributed by atoms with van der Waals surface area (Å²) in [5, 5.41) is 6.05. The monoisotopic (exact) mass is 378 g/mol. The molecule has 1 aromatic carbocycles. The number of aromatic nitrogens is 2. The van der Waals surface area contributed by atoms with Crippen LogP contribution in [0.1, 0.15) is 16.1 Å². The maximum atomic E-state index is 12.2. The number of nitrogens with one attached hydrogen (secondary N) is 2. The lowest BCUT2D eigenvalue weighted by atomic mass is 10.2. The molecule has 0 aliphatic heterocycles. The first-order valence-corrected chi connectivity index (χ1v) is 8.88. The summed E-state index contributed by atoms with van der Waals surface area (Å²) in [6.45, 7) is 1.41. The van der Waals surface area contributed by atoms with Crippen LogP contribution >= 0.6 is 0 Å². The van der Waals surface area contributed by atoms with Crippen LogP contribution in [0.5, 0.6) is 11.5 Å². The maximum Gasteiger partial charge on any atom is 0.269 e. The van der Waals surface area contributed by atoms with E-state index in [1.165, 1.54) is 0 Å². The standard InChI is InChI=1S/C21H22N4O3/c1-27-18-3-5-19(6-4-18)28-13-12-23-21(26)20-7-2-17(15-25-20)24-14-16-8-10-22-11-9-16/h2-11,15,24H,12-14H2,1H3,(H,23,26). The number of pyridine rings is 2. The van der Waals surface area contributed by atoms with E-state index >= 15 is 0 Å². The van der Waals surface area contributed by atoms with E-state index in [2.05, 4.69) is 20.6 Å². The van der Waals surface area contributed by atoms with E-state index in [9.17, 15) is 4.79 Å². The van der Waals surface area contributed by atoms with Gasteiger partial charge in [0, 0.05) is 18.9 Å². The largest absolute Gasteiger partial charge is 0.497 e. The Hall–Kier alpha value is -3.61. The number of benzene rings is 1. The van der Waals surface area contributed by atoms with Gasteiger partial charge in [-0.2, -0.15) is 0 Å². The number of methoxy groups -OCH3 is 1. The highest BCUT2D eigenvalue weighted by Gasteiger charge is 2.06. The zero-order valence-corrected chi connectivity index (χ0v) is 15.6. The van der Waals surface area contributed by atoms with Crippen LogP contribution in [0.25, 0.3) is 0 Å². The zero-order valence-electron chi connectivity index (χ0n) is 15.6. The molecule has 0 atom stereocenters. The van der Waals surface area contributed by atoms with Crippen molar-refractivity contribution in [3.8, 4) is 11.5 Å². The molecule has 7 nitrogen and oxygen atoms in total. The van der Waals surface area contributed by atoms with Crippen LogP contribution in [0.4, 0.5) is 5.69 Å². The Labute approximate surface area is 163 Å². The van der Waals surface area contributed by atoms with Crippen molar-refractivity contribution in [3.05, 3.63) is 78.4 Å². The van der Waals surface area contributed by atoms with Crippen molar-refractivity contribution in [2.45, 2.75) is 6.54 Å². The average molecular weight is 378 g/mol. The molecular formula is C21H22N4O3. The molecule has 28 heavy (non-hydrogen) atoms. The maximum absolute atomic E-state index is 12.2. The summed E-state index contributed by atoms with van der Waals surface area (Å²) in [6.07, 6.45) is 5.14.